The number of nitrogens with one attached hydrogen (secondary N) is 1. The first-order chi connectivity index (χ1) is 5.90. The fourth-order valence-electron chi connectivity index (χ4n) is 0.667. The van der Waals surface area contributed by atoms with Gasteiger partial charge in [-0.25, -0.2) is 0 Å². The van der Waals surface area contributed by atoms with E-state index >= 15 is 0 Å². The number of rotatable bonds is 5. The van der Waals surface area contributed by atoms with Gasteiger partial charge in [0.2, 0.25) is 5.91 Å². The normalized spacial score (nSPS) is 11.0. The summed E-state index contributed by atoms with van der Waals surface area (Å²) < 4.78 is 0. The summed E-state index contributed by atoms with van der Waals surface area (Å²) in [5.74, 6) is 0.811. The maximum Gasteiger partial charge on any atom is 0.221 e. The van der Waals surface area contributed by atoms with Gasteiger partial charge in [0.05, 0.1) is 10.5 Å². The summed E-state index contributed by atoms with van der Waals surface area (Å²) in [6, 6.07) is 0. The summed E-state index contributed by atoms with van der Waals surface area (Å²) in [6.07, 6.45) is 2.47. The van der Waals surface area contributed by atoms with E-state index < -0.39 is 5.54 Å². The first kappa shape index (κ1) is 12.7. The molecule has 0 aliphatic carbocycles. The van der Waals surface area contributed by atoms with E-state index in [1.54, 1.807) is 25.6 Å². The standard InChI is InChI=1S/C8H16N2OS2/c1-8(2,7(9)12)10-6(11)4-5-13-3/h4-5H2,1-3H3,(H2,9,12)(H,10,11). The minimum Gasteiger partial charge on any atom is -0.391 e. The fraction of sp³-hybridized carbons (Fsp3) is 0.750. The van der Waals surface area contributed by atoms with Crippen molar-refractivity contribution in [2.75, 3.05) is 12.0 Å². The predicted octanol–water partition coefficient (Wildman–Crippen LogP) is 0.920. The van der Waals surface area contributed by atoms with Gasteiger partial charge in [0.25, 0.3) is 0 Å². The van der Waals surface area contributed by atoms with Crippen molar-refractivity contribution in [1.82, 2.24) is 5.32 Å². The number of hydrogen-bond acceptors (Lipinski definition) is 3. The summed E-state index contributed by atoms with van der Waals surface area (Å²) in [6.45, 7) is 3.60. The molecule has 0 fully saturated rings. The van der Waals surface area contributed by atoms with Gasteiger partial charge in [-0.2, -0.15) is 11.8 Å². The van der Waals surface area contributed by atoms with Gasteiger partial charge in [0.1, 0.15) is 0 Å². The van der Waals surface area contributed by atoms with Crippen LogP contribution in [0, 0.1) is 0 Å². The summed E-state index contributed by atoms with van der Waals surface area (Å²) in [4.78, 5) is 11.6. The molecule has 0 atom stereocenters. The van der Waals surface area contributed by atoms with Gasteiger partial charge in [-0.15, -0.1) is 0 Å². The van der Waals surface area contributed by atoms with E-state index in [1.165, 1.54) is 0 Å². The van der Waals surface area contributed by atoms with Crippen LogP contribution in [0.2, 0.25) is 0 Å². The Labute approximate surface area is 88.8 Å². The Morgan fingerprint density at radius 1 is 1.62 bits per heavy atom. The van der Waals surface area contributed by atoms with E-state index in [-0.39, 0.29) is 5.91 Å². The molecule has 0 aromatic heterocycles. The van der Waals surface area contributed by atoms with Crippen LogP contribution < -0.4 is 11.1 Å². The van der Waals surface area contributed by atoms with E-state index in [0.29, 0.717) is 11.4 Å². The summed E-state index contributed by atoms with van der Waals surface area (Å²) in [5.41, 5.74) is 4.88. The van der Waals surface area contributed by atoms with Crippen molar-refractivity contribution in [2.24, 2.45) is 5.73 Å². The maximum absolute atomic E-state index is 11.3. The molecule has 1 amide bonds. The molecule has 76 valence electrons. The topological polar surface area (TPSA) is 55.1 Å². The molecule has 0 saturated carbocycles. The summed E-state index contributed by atoms with van der Waals surface area (Å²) in [5, 5.41) is 2.77. The molecule has 0 heterocycles. The van der Waals surface area contributed by atoms with Gasteiger partial charge in [-0.05, 0) is 20.1 Å². The number of thioether (sulfide) groups is 1. The zero-order chi connectivity index (χ0) is 10.5. The smallest absolute Gasteiger partial charge is 0.221 e. The van der Waals surface area contributed by atoms with Crippen LogP contribution in [0.5, 0.6) is 0 Å². The van der Waals surface area contributed by atoms with Crippen LogP contribution in [0.1, 0.15) is 20.3 Å². The second-order valence-electron chi connectivity index (χ2n) is 3.28. The monoisotopic (exact) mass is 220 g/mol. The van der Waals surface area contributed by atoms with Gasteiger partial charge in [-0.3, -0.25) is 4.79 Å². The van der Waals surface area contributed by atoms with Crippen LogP contribution in [0.3, 0.4) is 0 Å². The van der Waals surface area contributed by atoms with Gasteiger partial charge in [0, 0.05) is 12.2 Å². The SMILES string of the molecule is CSCCC(=O)NC(C)(C)C(N)=S. The van der Waals surface area contributed by atoms with Crippen LogP contribution in [0.15, 0.2) is 0 Å². The number of thiocarbonyl (C=S) groups is 1. The molecule has 0 spiro atoms. The first-order valence-corrected chi connectivity index (χ1v) is 5.80. The first-order valence-electron chi connectivity index (χ1n) is 4.00. The van der Waals surface area contributed by atoms with Crippen molar-refractivity contribution >= 4 is 34.9 Å². The molecule has 0 aromatic rings. The minimum atomic E-state index is -0.579. The number of carbonyl (C=O) groups is 1. The molecule has 0 aliphatic heterocycles. The molecule has 13 heavy (non-hydrogen) atoms. The molecule has 3 nitrogen and oxygen atoms in total. The maximum atomic E-state index is 11.3. The highest BCUT2D eigenvalue weighted by Crippen LogP contribution is 2.03. The predicted molar refractivity (Wildman–Crippen MR) is 62.0 cm³/mol. The average Bonchev–Trinajstić information content (AvgIpc) is 1.99. The van der Waals surface area contributed by atoms with E-state index in [9.17, 15) is 4.79 Å². The third-order valence-corrected chi connectivity index (χ3v) is 2.72. The second-order valence-corrected chi connectivity index (χ2v) is 4.71. The molecule has 0 radical (unpaired) electrons. The highest BCUT2D eigenvalue weighted by molar-refractivity contribution is 7.98. The van der Waals surface area contributed by atoms with Crippen molar-refractivity contribution in [2.45, 2.75) is 25.8 Å². The molecule has 0 aromatic carbocycles. The molecule has 0 rings (SSSR count). The molecular weight excluding hydrogens is 204 g/mol. The molecule has 5 heteroatoms. The van der Waals surface area contributed by atoms with Crippen LogP contribution in [0.4, 0.5) is 0 Å². The fourth-order valence-corrected chi connectivity index (χ4v) is 1.11. The second kappa shape index (κ2) is 5.44. The van der Waals surface area contributed by atoms with Crippen LogP contribution in [-0.4, -0.2) is 28.4 Å². The van der Waals surface area contributed by atoms with Crippen LogP contribution in [-0.2, 0) is 4.79 Å². The van der Waals surface area contributed by atoms with Crippen molar-refractivity contribution < 1.29 is 4.79 Å². The van der Waals surface area contributed by atoms with E-state index in [2.05, 4.69) is 5.32 Å². The van der Waals surface area contributed by atoms with Crippen molar-refractivity contribution in [3.63, 3.8) is 0 Å². The van der Waals surface area contributed by atoms with E-state index in [1.807, 2.05) is 6.26 Å². The number of carbonyl (C=O) groups excluding carboxylic acids is 1. The third kappa shape index (κ3) is 5.10. The molecule has 0 saturated heterocycles. The zero-order valence-corrected chi connectivity index (χ0v) is 9.85. The van der Waals surface area contributed by atoms with Gasteiger partial charge >= 0.3 is 0 Å². The third-order valence-electron chi connectivity index (χ3n) is 1.60. The molecule has 0 unspecified atom stereocenters. The Bertz CT molecular complexity index is 204. The van der Waals surface area contributed by atoms with Gasteiger partial charge < -0.3 is 11.1 Å². The number of amides is 1. The van der Waals surface area contributed by atoms with Crippen molar-refractivity contribution in [1.29, 1.82) is 0 Å². The lowest BCUT2D eigenvalue weighted by atomic mass is 10.1. The van der Waals surface area contributed by atoms with Gasteiger partial charge in [0.15, 0.2) is 0 Å². The Morgan fingerprint density at radius 3 is 2.54 bits per heavy atom. The average molecular weight is 220 g/mol. The van der Waals surface area contributed by atoms with Crippen molar-refractivity contribution in [3.8, 4) is 0 Å². The summed E-state index contributed by atoms with van der Waals surface area (Å²) in [7, 11) is 0. The molecule has 0 bridgehead atoms. The Kier molecular flexibility index (Phi) is 5.32. The lowest BCUT2D eigenvalue weighted by Crippen LogP contribution is -2.52. The lowest BCUT2D eigenvalue weighted by Gasteiger charge is -2.24. The lowest BCUT2D eigenvalue weighted by molar-refractivity contribution is -0.121. The highest BCUT2D eigenvalue weighted by Gasteiger charge is 2.22. The highest BCUT2D eigenvalue weighted by atomic mass is 32.2. The zero-order valence-electron chi connectivity index (χ0n) is 8.22. The van der Waals surface area contributed by atoms with Crippen LogP contribution in [0.25, 0.3) is 0 Å². The van der Waals surface area contributed by atoms with E-state index in [4.69, 9.17) is 18.0 Å². The molecule has 0 aliphatic rings. The van der Waals surface area contributed by atoms with Crippen LogP contribution >= 0.6 is 24.0 Å². The summed E-state index contributed by atoms with van der Waals surface area (Å²) >= 11 is 6.46. The molecule has 3 N–H and O–H groups in total. The number of nitrogens with two attached hydrogens (primary N) is 1. The number of hydrogen-bond donors (Lipinski definition) is 2. The van der Waals surface area contributed by atoms with E-state index in [0.717, 1.165) is 5.75 Å². The van der Waals surface area contributed by atoms with Crippen molar-refractivity contribution in [3.05, 3.63) is 0 Å². The van der Waals surface area contributed by atoms with Gasteiger partial charge in [-0.1, -0.05) is 12.2 Å². The molecular formula is C8H16N2OS2. The quantitative estimate of drug-likeness (QED) is 0.677. The Hall–Kier alpha value is -0.290. The Morgan fingerprint density at radius 2 is 2.15 bits per heavy atom. The largest absolute Gasteiger partial charge is 0.391 e. The Balaban J connectivity index is 3.97. The minimum absolute atomic E-state index is 0.00727.